The zero-order valence-electron chi connectivity index (χ0n) is 37.1. The molecule has 4 rings (SSSR count). The van der Waals surface area contributed by atoms with Crippen molar-refractivity contribution in [2.75, 3.05) is 13.6 Å². The van der Waals surface area contributed by atoms with Crippen molar-refractivity contribution in [3.8, 4) is 0 Å². The van der Waals surface area contributed by atoms with Gasteiger partial charge >= 0.3 is 30.0 Å². The Bertz CT molecular complexity index is 2070. The lowest BCUT2D eigenvalue weighted by Crippen LogP contribution is -2.51. The summed E-state index contributed by atoms with van der Waals surface area (Å²) in [5.41, 5.74) is 7.87. The number of nitrogens with zero attached hydrogens (tertiary/aromatic N) is 4. The zero-order chi connectivity index (χ0) is 45.2. The Hall–Kier alpha value is -5.97. The van der Waals surface area contributed by atoms with Crippen molar-refractivity contribution in [2.45, 2.75) is 101 Å². The fourth-order valence-electron chi connectivity index (χ4n) is 4.95. The fraction of sp³-hybridized carbons (Fsp3) is 0.413. The van der Waals surface area contributed by atoms with Crippen LogP contribution in [-0.4, -0.2) is 80.3 Å². The van der Waals surface area contributed by atoms with E-state index in [-0.39, 0.29) is 32.2 Å². The fourth-order valence-corrected chi connectivity index (χ4v) is 4.95. The molecule has 2 aromatic heterocycles. The van der Waals surface area contributed by atoms with Gasteiger partial charge in [0.2, 0.25) is 13.6 Å². The van der Waals surface area contributed by atoms with E-state index in [4.69, 9.17) is 29.4 Å². The van der Waals surface area contributed by atoms with Crippen molar-refractivity contribution < 1.29 is 47.7 Å². The second-order valence-electron chi connectivity index (χ2n) is 17.0. The standard InChI is InChI=1S/C25H33N3O6.C20H25N3O4.CH4.2ClH/c1-24(2,3)21(27-23(31)34-25(4,5)6)22(30)33-17-32-20(29)12-11-18-7-9-19(10-8-18)15-28-14-13-26-16-28;1-20(2,3)18(21)19(25)27-14-26-17(24)9-8-15-4-6-16(7-5-15)12-23-11-10-22-13-23;;;/h7-14,16,21H,15,17H2,1-6H3,(H,27,31);4-11,13,18H,12,14,21H2,1-3H3;1H4;2*1H/b12-11+;9-8+;;;/t21-;18-;;;/m11.../s1. The molecule has 0 radical (unpaired) electrons. The predicted octanol–water partition coefficient (Wildman–Crippen LogP) is 7.77. The predicted molar refractivity (Wildman–Crippen MR) is 249 cm³/mol. The number of rotatable bonds is 15. The molecule has 0 spiro atoms. The van der Waals surface area contributed by atoms with Gasteiger partial charge in [-0.2, -0.15) is 0 Å². The average Bonchev–Trinajstić information content (AvgIpc) is 3.90. The Morgan fingerprint density at radius 3 is 1.39 bits per heavy atom. The molecule has 4 aromatic rings. The van der Waals surface area contributed by atoms with E-state index < -0.39 is 72.1 Å². The Morgan fingerprint density at radius 2 is 1.05 bits per heavy atom. The van der Waals surface area contributed by atoms with Crippen molar-refractivity contribution >= 4 is 66.9 Å². The number of benzene rings is 2. The normalized spacial score (nSPS) is 12.2. The van der Waals surface area contributed by atoms with Gasteiger partial charge in [-0.3, -0.25) is 4.79 Å². The van der Waals surface area contributed by atoms with Gasteiger partial charge < -0.3 is 43.9 Å². The summed E-state index contributed by atoms with van der Waals surface area (Å²) in [6, 6.07) is 13.6. The van der Waals surface area contributed by atoms with Gasteiger partial charge in [0.1, 0.15) is 17.7 Å². The summed E-state index contributed by atoms with van der Waals surface area (Å²) in [6.45, 7) is 16.4. The molecule has 3 N–H and O–H groups in total. The summed E-state index contributed by atoms with van der Waals surface area (Å²) in [6.07, 6.45) is 15.8. The largest absolute Gasteiger partial charge is 0.444 e. The van der Waals surface area contributed by atoms with Crippen molar-refractivity contribution in [1.29, 1.82) is 0 Å². The number of esters is 4. The third-order valence-electron chi connectivity index (χ3n) is 8.39. The Kier molecular flexibility index (Phi) is 24.7. The lowest BCUT2D eigenvalue weighted by molar-refractivity contribution is -0.169. The van der Waals surface area contributed by atoms with Crippen LogP contribution >= 0.6 is 24.8 Å². The van der Waals surface area contributed by atoms with E-state index in [1.807, 2.05) is 90.8 Å². The Balaban J connectivity index is 0.00000121. The van der Waals surface area contributed by atoms with Crippen LogP contribution in [0.4, 0.5) is 4.79 Å². The second kappa shape index (κ2) is 27.3. The summed E-state index contributed by atoms with van der Waals surface area (Å²) in [5.74, 6) is -2.60. The van der Waals surface area contributed by atoms with Crippen molar-refractivity contribution in [2.24, 2.45) is 16.6 Å². The van der Waals surface area contributed by atoms with E-state index >= 15 is 0 Å². The smallest absolute Gasteiger partial charge is 0.408 e. The van der Waals surface area contributed by atoms with Crippen LogP contribution in [0.2, 0.25) is 0 Å². The molecule has 0 saturated carbocycles. The highest BCUT2D eigenvalue weighted by molar-refractivity contribution is 5.88. The number of alkyl carbamates (subject to hydrolysis) is 1. The van der Waals surface area contributed by atoms with Gasteiger partial charge in [0.05, 0.1) is 12.7 Å². The van der Waals surface area contributed by atoms with Crippen LogP contribution in [-0.2, 0) is 56.0 Å². The van der Waals surface area contributed by atoms with E-state index in [1.54, 1.807) is 78.7 Å². The maximum atomic E-state index is 12.5. The van der Waals surface area contributed by atoms with Crippen molar-refractivity contribution in [3.05, 3.63) is 120 Å². The van der Waals surface area contributed by atoms with Crippen LogP contribution in [0.5, 0.6) is 0 Å². The average molecular weight is 932 g/mol. The summed E-state index contributed by atoms with van der Waals surface area (Å²) < 4.78 is 28.9. The van der Waals surface area contributed by atoms with Crippen LogP contribution in [0, 0.1) is 10.8 Å². The van der Waals surface area contributed by atoms with Crippen molar-refractivity contribution in [1.82, 2.24) is 24.4 Å². The number of ether oxygens (including phenoxy) is 5. The Morgan fingerprint density at radius 1 is 0.641 bits per heavy atom. The lowest BCUT2D eigenvalue weighted by Gasteiger charge is -2.30. The minimum atomic E-state index is -0.988. The maximum absolute atomic E-state index is 12.5. The quantitative estimate of drug-likeness (QED) is 0.0507. The number of nitrogens with two attached hydrogens (primary N) is 1. The molecular weight excluding hydrogens is 867 g/mol. The molecule has 0 bridgehead atoms. The van der Waals surface area contributed by atoms with Gasteiger partial charge in [0.15, 0.2) is 0 Å². The van der Waals surface area contributed by atoms with Crippen LogP contribution in [0.3, 0.4) is 0 Å². The number of hydrogen-bond donors (Lipinski definition) is 2. The number of halogens is 2. The molecule has 0 aliphatic carbocycles. The SMILES string of the molecule is C.CC(C)(C)OC(=O)N[C@H](C(=O)OCOC(=O)/C=C/c1ccc(Cn2ccnc2)cc1)C(C)(C)C.CC(C)(C)[C@H](N)C(=O)OCOC(=O)/C=C/c1ccc(Cn2ccnc2)cc1.Cl.Cl. The van der Waals surface area contributed by atoms with Crippen LogP contribution < -0.4 is 11.1 Å². The highest BCUT2D eigenvalue weighted by Crippen LogP contribution is 2.22. The molecule has 0 aliphatic rings. The lowest BCUT2D eigenvalue weighted by atomic mass is 9.87. The molecule has 1 amide bonds. The molecule has 352 valence electrons. The first kappa shape index (κ1) is 58.0. The van der Waals surface area contributed by atoms with Gasteiger partial charge in [-0.15, -0.1) is 24.8 Å². The molecule has 18 heteroatoms. The summed E-state index contributed by atoms with van der Waals surface area (Å²) in [4.78, 5) is 68.0. The van der Waals surface area contributed by atoms with E-state index in [1.165, 1.54) is 12.2 Å². The molecule has 0 fully saturated rings. The van der Waals surface area contributed by atoms with E-state index in [0.717, 1.165) is 28.8 Å². The highest BCUT2D eigenvalue weighted by Gasteiger charge is 2.35. The van der Waals surface area contributed by atoms with Gasteiger partial charge in [0.25, 0.3) is 0 Å². The van der Waals surface area contributed by atoms with Crippen LogP contribution in [0.25, 0.3) is 12.2 Å². The number of aromatic nitrogens is 4. The number of carbonyl (C=O) groups excluding carboxylic acids is 5. The van der Waals surface area contributed by atoms with Gasteiger partial charge in [-0.25, -0.2) is 29.1 Å². The van der Waals surface area contributed by atoms with Crippen LogP contribution in [0.15, 0.2) is 98.1 Å². The third-order valence-corrected chi connectivity index (χ3v) is 8.39. The van der Waals surface area contributed by atoms with E-state index in [2.05, 4.69) is 15.3 Å². The molecule has 2 aromatic carbocycles. The van der Waals surface area contributed by atoms with Gasteiger partial charge in [-0.1, -0.05) is 97.5 Å². The summed E-state index contributed by atoms with van der Waals surface area (Å²) in [5, 5.41) is 2.52. The summed E-state index contributed by atoms with van der Waals surface area (Å²) in [7, 11) is 0. The molecule has 0 saturated heterocycles. The zero-order valence-corrected chi connectivity index (χ0v) is 38.8. The minimum absolute atomic E-state index is 0. The molecule has 0 unspecified atom stereocenters. The van der Waals surface area contributed by atoms with E-state index in [9.17, 15) is 24.0 Å². The van der Waals surface area contributed by atoms with E-state index in [0.29, 0.717) is 6.54 Å². The summed E-state index contributed by atoms with van der Waals surface area (Å²) >= 11 is 0. The van der Waals surface area contributed by atoms with Crippen LogP contribution in [0.1, 0.15) is 92.0 Å². The number of hydrogen-bond acceptors (Lipinski definition) is 13. The number of amides is 1. The molecule has 64 heavy (non-hydrogen) atoms. The first-order valence-corrected chi connectivity index (χ1v) is 19.5. The molecule has 0 aliphatic heterocycles. The van der Waals surface area contributed by atoms with Gasteiger partial charge in [0, 0.05) is 50.0 Å². The highest BCUT2D eigenvalue weighted by atomic mass is 35.5. The molecule has 16 nitrogen and oxygen atoms in total. The maximum Gasteiger partial charge on any atom is 0.408 e. The van der Waals surface area contributed by atoms with Crippen molar-refractivity contribution in [3.63, 3.8) is 0 Å². The molecular formula is C46H64Cl2N6O10. The van der Waals surface area contributed by atoms with Gasteiger partial charge in [-0.05, 0) is 66.0 Å². The monoisotopic (exact) mass is 930 g/mol. The first-order chi connectivity index (χ1) is 28.6. The molecule has 2 heterocycles. The molecule has 2 atom stereocenters. The topological polar surface area (TPSA) is 205 Å². The Labute approximate surface area is 388 Å². The number of nitrogens with one attached hydrogen (secondary N) is 1. The number of carbonyl (C=O) groups is 5. The minimum Gasteiger partial charge on any atom is -0.444 e. The second-order valence-corrected chi connectivity index (χ2v) is 17.0. The first-order valence-electron chi connectivity index (χ1n) is 19.5. The third kappa shape index (κ3) is 22.4. The number of imidazole rings is 2.